The number of nitrogens with zero attached hydrogens (tertiary/aromatic N) is 1. The van der Waals surface area contributed by atoms with E-state index in [4.69, 9.17) is 4.42 Å². The van der Waals surface area contributed by atoms with E-state index in [9.17, 15) is 9.18 Å². The highest BCUT2D eigenvalue weighted by Gasteiger charge is 2.17. The molecule has 1 amide bonds. The molecule has 0 fully saturated rings. The third-order valence-corrected chi connectivity index (χ3v) is 3.02. The molecule has 1 aliphatic rings. The summed E-state index contributed by atoms with van der Waals surface area (Å²) in [6, 6.07) is 3.07. The molecule has 2 aromatic rings. The Kier molecular flexibility index (Phi) is 2.91. The van der Waals surface area contributed by atoms with Crippen molar-refractivity contribution in [3.05, 3.63) is 41.9 Å². The molecular formula is C13H12FN3O2. The smallest absolute Gasteiger partial charge is 0.224 e. The largest absolute Gasteiger partial charge is 0.447 e. The molecule has 0 spiro atoms. The van der Waals surface area contributed by atoms with E-state index in [0.717, 1.165) is 5.56 Å². The van der Waals surface area contributed by atoms with Crippen LogP contribution in [0.2, 0.25) is 0 Å². The summed E-state index contributed by atoms with van der Waals surface area (Å²) in [5.41, 5.74) is 1.82. The Morgan fingerprint density at radius 3 is 3.11 bits per heavy atom. The Morgan fingerprint density at radius 1 is 1.42 bits per heavy atom. The van der Waals surface area contributed by atoms with E-state index in [0.29, 0.717) is 36.5 Å². The van der Waals surface area contributed by atoms with Crippen LogP contribution < -0.4 is 10.6 Å². The molecule has 2 heterocycles. The Balaban J connectivity index is 1.81. The van der Waals surface area contributed by atoms with Crippen molar-refractivity contribution < 1.29 is 13.6 Å². The van der Waals surface area contributed by atoms with Crippen molar-refractivity contribution in [3.63, 3.8) is 0 Å². The van der Waals surface area contributed by atoms with Crippen LogP contribution in [0.1, 0.15) is 17.7 Å². The quantitative estimate of drug-likeness (QED) is 0.889. The number of anilines is 2. The van der Waals surface area contributed by atoms with Crippen molar-refractivity contribution in [2.45, 2.75) is 19.4 Å². The minimum absolute atomic E-state index is 0.0414. The maximum Gasteiger partial charge on any atom is 0.224 e. The molecule has 19 heavy (non-hydrogen) atoms. The van der Waals surface area contributed by atoms with Gasteiger partial charge in [0.1, 0.15) is 11.6 Å². The minimum atomic E-state index is -0.339. The van der Waals surface area contributed by atoms with E-state index < -0.39 is 0 Å². The van der Waals surface area contributed by atoms with Crippen molar-refractivity contribution in [1.29, 1.82) is 0 Å². The molecule has 2 N–H and O–H groups in total. The first-order valence-electron chi connectivity index (χ1n) is 5.96. The van der Waals surface area contributed by atoms with E-state index in [2.05, 4.69) is 15.6 Å². The third-order valence-electron chi connectivity index (χ3n) is 3.02. The van der Waals surface area contributed by atoms with Gasteiger partial charge in [-0.25, -0.2) is 9.37 Å². The van der Waals surface area contributed by atoms with Gasteiger partial charge in [0.15, 0.2) is 6.39 Å². The Labute approximate surface area is 108 Å². The number of rotatable bonds is 3. The topological polar surface area (TPSA) is 67.2 Å². The normalized spacial score (nSPS) is 13.8. The maximum absolute atomic E-state index is 13.9. The number of oxazole rings is 1. The number of aromatic nitrogens is 1. The summed E-state index contributed by atoms with van der Waals surface area (Å²) < 4.78 is 18.9. The number of carbonyl (C=O) groups excluding carboxylic acids is 1. The number of halogens is 1. The second kappa shape index (κ2) is 4.72. The van der Waals surface area contributed by atoms with Gasteiger partial charge in [-0.3, -0.25) is 4.79 Å². The average molecular weight is 261 g/mol. The van der Waals surface area contributed by atoms with Crippen LogP contribution in [0.5, 0.6) is 0 Å². The van der Waals surface area contributed by atoms with Crippen LogP contribution in [0, 0.1) is 5.82 Å². The van der Waals surface area contributed by atoms with E-state index in [1.54, 1.807) is 12.3 Å². The zero-order valence-corrected chi connectivity index (χ0v) is 10.1. The first-order valence-corrected chi connectivity index (χ1v) is 5.96. The van der Waals surface area contributed by atoms with Crippen molar-refractivity contribution >= 4 is 17.3 Å². The zero-order valence-electron chi connectivity index (χ0n) is 10.1. The van der Waals surface area contributed by atoms with Gasteiger partial charge in [0, 0.05) is 12.1 Å². The molecular weight excluding hydrogens is 249 g/mol. The maximum atomic E-state index is 13.9. The van der Waals surface area contributed by atoms with Gasteiger partial charge in [-0.1, -0.05) is 0 Å². The highest BCUT2D eigenvalue weighted by Crippen LogP contribution is 2.28. The lowest BCUT2D eigenvalue weighted by molar-refractivity contribution is -0.116. The molecule has 0 radical (unpaired) electrons. The summed E-state index contributed by atoms with van der Waals surface area (Å²) in [7, 11) is 0. The minimum Gasteiger partial charge on any atom is -0.447 e. The van der Waals surface area contributed by atoms with Gasteiger partial charge in [0.25, 0.3) is 0 Å². The molecule has 1 aliphatic heterocycles. The molecule has 6 heteroatoms. The van der Waals surface area contributed by atoms with Crippen molar-refractivity contribution in [2.75, 3.05) is 10.6 Å². The second-order valence-corrected chi connectivity index (χ2v) is 4.36. The lowest BCUT2D eigenvalue weighted by atomic mass is 10.0. The molecule has 1 aromatic carbocycles. The van der Waals surface area contributed by atoms with Gasteiger partial charge in [0.2, 0.25) is 5.91 Å². The number of nitrogens with one attached hydrogen (secondary N) is 2. The van der Waals surface area contributed by atoms with E-state index >= 15 is 0 Å². The summed E-state index contributed by atoms with van der Waals surface area (Å²) in [5.74, 6) is 0.232. The van der Waals surface area contributed by atoms with Gasteiger partial charge in [-0.05, 0) is 24.1 Å². The van der Waals surface area contributed by atoms with Crippen molar-refractivity contribution in [1.82, 2.24) is 4.98 Å². The van der Waals surface area contributed by atoms with E-state index in [-0.39, 0.29) is 11.7 Å². The zero-order chi connectivity index (χ0) is 13.2. The van der Waals surface area contributed by atoms with Gasteiger partial charge < -0.3 is 15.1 Å². The Bertz CT molecular complexity index is 611. The third kappa shape index (κ3) is 2.42. The van der Waals surface area contributed by atoms with Gasteiger partial charge in [0.05, 0.1) is 18.4 Å². The summed E-state index contributed by atoms with van der Waals surface area (Å²) >= 11 is 0. The van der Waals surface area contributed by atoms with Crippen LogP contribution in [-0.4, -0.2) is 10.9 Å². The first kappa shape index (κ1) is 11.7. The molecule has 3 rings (SSSR count). The van der Waals surface area contributed by atoms with Gasteiger partial charge in [-0.15, -0.1) is 0 Å². The van der Waals surface area contributed by atoms with Crippen LogP contribution in [0.25, 0.3) is 0 Å². The number of benzene rings is 1. The predicted octanol–water partition coefficient (Wildman–Crippen LogP) is 2.31. The molecule has 5 nitrogen and oxygen atoms in total. The van der Waals surface area contributed by atoms with Crippen LogP contribution in [-0.2, 0) is 17.8 Å². The molecule has 1 aromatic heterocycles. The summed E-state index contributed by atoms with van der Waals surface area (Å²) in [6.45, 7) is 0.337. The number of aryl methyl sites for hydroxylation is 1. The second-order valence-electron chi connectivity index (χ2n) is 4.36. The fraction of sp³-hybridized carbons (Fsp3) is 0.231. The molecule has 0 saturated carbocycles. The molecule has 0 aliphatic carbocycles. The molecule has 0 unspecified atom stereocenters. The van der Waals surface area contributed by atoms with Crippen LogP contribution in [0.4, 0.5) is 15.8 Å². The van der Waals surface area contributed by atoms with Crippen molar-refractivity contribution in [2.24, 2.45) is 0 Å². The van der Waals surface area contributed by atoms with Gasteiger partial charge in [-0.2, -0.15) is 0 Å². The van der Waals surface area contributed by atoms with Crippen LogP contribution in [0.3, 0.4) is 0 Å². The molecule has 98 valence electrons. The van der Waals surface area contributed by atoms with E-state index in [1.165, 1.54) is 12.5 Å². The fourth-order valence-corrected chi connectivity index (χ4v) is 2.05. The molecule has 0 bridgehead atoms. The van der Waals surface area contributed by atoms with Gasteiger partial charge >= 0.3 is 0 Å². The molecule has 0 saturated heterocycles. The van der Waals surface area contributed by atoms with Crippen molar-refractivity contribution in [3.8, 4) is 0 Å². The fourth-order valence-electron chi connectivity index (χ4n) is 2.05. The number of hydrogen-bond donors (Lipinski definition) is 2. The summed E-state index contributed by atoms with van der Waals surface area (Å²) in [6.07, 6.45) is 3.85. The molecule has 0 atom stereocenters. The summed E-state index contributed by atoms with van der Waals surface area (Å²) in [4.78, 5) is 15.1. The lowest BCUT2D eigenvalue weighted by Crippen LogP contribution is -2.19. The van der Waals surface area contributed by atoms with Crippen LogP contribution >= 0.6 is 0 Å². The highest BCUT2D eigenvalue weighted by atomic mass is 19.1. The average Bonchev–Trinajstić information content (AvgIpc) is 2.90. The highest BCUT2D eigenvalue weighted by molar-refractivity contribution is 5.94. The summed E-state index contributed by atoms with van der Waals surface area (Å²) in [5, 5.41) is 5.66. The van der Waals surface area contributed by atoms with Crippen LogP contribution in [0.15, 0.2) is 29.1 Å². The number of fused-ring (bicyclic) bond motifs is 1. The Hall–Kier alpha value is -2.37. The standard InChI is InChI=1S/C13H12FN3O2/c14-10-3-8-1-2-13(18)17-11(8)4-12(10)16-6-9-5-15-7-19-9/h3-5,7,16H,1-2,6H2,(H,17,18). The first-order chi connectivity index (χ1) is 9.22. The number of amides is 1. The SMILES string of the molecule is O=C1CCc2cc(F)c(NCc3cnco3)cc2N1. The van der Waals surface area contributed by atoms with E-state index in [1.807, 2.05) is 0 Å². The number of carbonyl (C=O) groups is 1. The lowest BCUT2D eigenvalue weighted by Gasteiger charge is -2.18. The number of hydrogen-bond acceptors (Lipinski definition) is 4. The Morgan fingerprint density at radius 2 is 2.32 bits per heavy atom. The monoisotopic (exact) mass is 261 g/mol. The predicted molar refractivity (Wildman–Crippen MR) is 67.2 cm³/mol.